The molecule has 2 amide bonds. The summed E-state index contributed by atoms with van der Waals surface area (Å²) < 4.78 is 18.8. The van der Waals surface area contributed by atoms with Crippen molar-refractivity contribution >= 4 is 6.03 Å². The molecule has 6 heteroatoms. The SMILES string of the molecule is O=C1NCCN1CCOc1c(F)cccc1CO. The maximum absolute atomic E-state index is 13.5. The summed E-state index contributed by atoms with van der Waals surface area (Å²) in [5.41, 5.74) is 0.404. The zero-order chi connectivity index (χ0) is 13.0. The van der Waals surface area contributed by atoms with Crippen molar-refractivity contribution < 1.29 is 19.0 Å². The number of aliphatic hydroxyl groups excluding tert-OH is 1. The zero-order valence-electron chi connectivity index (χ0n) is 9.86. The van der Waals surface area contributed by atoms with Crippen molar-refractivity contribution in [3.63, 3.8) is 0 Å². The summed E-state index contributed by atoms with van der Waals surface area (Å²) in [6.45, 7) is 1.57. The predicted octanol–water partition coefficient (Wildman–Crippen LogP) is 0.722. The second-order valence-electron chi connectivity index (χ2n) is 3.95. The van der Waals surface area contributed by atoms with E-state index < -0.39 is 5.82 Å². The molecule has 0 aliphatic carbocycles. The molecule has 0 unspecified atom stereocenters. The average molecular weight is 254 g/mol. The van der Waals surface area contributed by atoms with Gasteiger partial charge in [-0.25, -0.2) is 9.18 Å². The van der Waals surface area contributed by atoms with Crippen LogP contribution in [0, 0.1) is 5.82 Å². The van der Waals surface area contributed by atoms with Crippen LogP contribution in [0.5, 0.6) is 5.75 Å². The molecule has 0 bridgehead atoms. The van der Waals surface area contributed by atoms with Gasteiger partial charge in [0.05, 0.1) is 13.2 Å². The van der Waals surface area contributed by atoms with Gasteiger partial charge in [-0.1, -0.05) is 12.1 Å². The number of hydrogen-bond donors (Lipinski definition) is 2. The lowest BCUT2D eigenvalue weighted by molar-refractivity contribution is 0.198. The molecule has 0 spiro atoms. The first kappa shape index (κ1) is 12.6. The van der Waals surface area contributed by atoms with Crippen molar-refractivity contribution in [2.45, 2.75) is 6.61 Å². The number of halogens is 1. The standard InChI is InChI=1S/C12H15FN2O3/c13-10-3-1-2-9(8-16)11(10)18-7-6-15-5-4-14-12(15)17/h1-3,16H,4-8H2,(H,14,17). The molecule has 98 valence electrons. The molecule has 1 fully saturated rings. The minimum atomic E-state index is -0.507. The highest BCUT2D eigenvalue weighted by Gasteiger charge is 2.19. The van der Waals surface area contributed by atoms with Crippen molar-refractivity contribution in [1.29, 1.82) is 0 Å². The third kappa shape index (κ3) is 2.70. The Bertz CT molecular complexity index is 439. The van der Waals surface area contributed by atoms with Gasteiger partial charge >= 0.3 is 6.03 Å². The van der Waals surface area contributed by atoms with Gasteiger partial charge in [0.2, 0.25) is 0 Å². The number of ether oxygens (including phenoxy) is 1. The van der Waals surface area contributed by atoms with Gasteiger partial charge in [0.25, 0.3) is 0 Å². The third-order valence-electron chi connectivity index (χ3n) is 2.77. The molecule has 0 radical (unpaired) electrons. The van der Waals surface area contributed by atoms with E-state index in [9.17, 15) is 9.18 Å². The van der Waals surface area contributed by atoms with Gasteiger partial charge in [-0.2, -0.15) is 0 Å². The van der Waals surface area contributed by atoms with E-state index >= 15 is 0 Å². The molecule has 2 rings (SSSR count). The van der Waals surface area contributed by atoms with Gasteiger partial charge in [0.15, 0.2) is 11.6 Å². The molecule has 0 atom stereocenters. The number of amides is 2. The van der Waals surface area contributed by atoms with Crippen LogP contribution in [0.15, 0.2) is 18.2 Å². The first-order valence-corrected chi connectivity index (χ1v) is 5.76. The van der Waals surface area contributed by atoms with Crippen molar-refractivity contribution in [1.82, 2.24) is 10.2 Å². The highest BCUT2D eigenvalue weighted by Crippen LogP contribution is 2.22. The lowest BCUT2D eigenvalue weighted by Gasteiger charge is -2.16. The third-order valence-corrected chi connectivity index (χ3v) is 2.77. The first-order valence-electron chi connectivity index (χ1n) is 5.76. The Balaban J connectivity index is 1.92. The minimum absolute atomic E-state index is 0.0552. The molecule has 2 N–H and O–H groups in total. The summed E-state index contributed by atoms with van der Waals surface area (Å²) in [6.07, 6.45) is 0. The first-order chi connectivity index (χ1) is 8.72. The summed E-state index contributed by atoms with van der Waals surface area (Å²) in [6, 6.07) is 4.26. The molecule has 5 nitrogen and oxygen atoms in total. The molecule has 1 aromatic carbocycles. The topological polar surface area (TPSA) is 61.8 Å². The molecular formula is C12H15FN2O3. The van der Waals surface area contributed by atoms with Gasteiger partial charge in [-0.15, -0.1) is 0 Å². The molecule has 1 aliphatic rings. The number of aliphatic hydroxyl groups is 1. The van der Waals surface area contributed by atoms with Gasteiger partial charge in [0.1, 0.15) is 6.61 Å². The fraction of sp³-hybridized carbons (Fsp3) is 0.417. The normalized spacial score (nSPS) is 14.8. The monoisotopic (exact) mass is 254 g/mol. The van der Waals surface area contributed by atoms with Gasteiger partial charge in [-0.05, 0) is 6.07 Å². The fourth-order valence-electron chi connectivity index (χ4n) is 1.82. The van der Waals surface area contributed by atoms with Gasteiger partial charge in [0, 0.05) is 18.7 Å². The van der Waals surface area contributed by atoms with Crippen LogP contribution in [0.2, 0.25) is 0 Å². The van der Waals surface area contributed by atoms with E-state index in [2.05, 4.69) is 5.32 Å². The van der Waals surface area contributed by atoms with E-state index in [4.69, 9.17) is 9.84 Å². The van der Waals surface area contributed by atoms with Crippen LogP contribution < -0.4 is 10.1 Å². The molecule has 1 heterocycles. The van der Waals surface area contributed by atoms with Crippen molar-refractivity contribution in [3.05, 3.63) is 29.6 Å². The molecule has 1 aliphatic heterocycles. The second kappa shape index (κ2) is 5.68. The summed E-state index contributed by atoms with van der Waals surface area (Å²) in [7, 11) is 0. The quantitative estimate of drug-likeness (QED) is 0.814. The van der Waals surface area contributed by atoms with Crippen LogP contribution in [0.1, 0.15) is 5.56 Å². The maximum Gasteiger partial charge on any atom is 0.317 e. The van der Waals surface area contributed by atoms with Gasteiger partial charge in [-0.3, -0.25) is 0 Å². The van der Waals surface area contributed by atoms with Crippen molar-refractivity contribution in [3.8, 4) is 5.75 Å². The van der Waals surface area contributed by atoms with Gasteiger partial charge < -0.3 is 20.1 Å². The highest BCUT2D eigenvalue weighted by atomic mass is 19.1. The molecular weight excluding hydrogens is 239 g/mol. The Morgan fingerprint density at radius 1 is 1.50 bits per heavy atom. The molecule has 18 heavy (non-hydrogen) atoms. The minimum Gasteiger partial charge on any atom is -0.488 e. The Hall–Kier alpha value is -1.82. The number of carbonyl (C=O) groups excluding carboxylic acids is 1. The lowest BCUT2D eigenvalue weighted by atomic mass is 10.2. The van der Waals surface area contributed by atoms with E-state index in [1.807, 2.05) is 0 Å². The Kier molecular flexibility index (Phi) is 3.99. The van der Waals surface area contributed by atoms with Crippen molar-refractivity contribution in [2.75, 3.05) is 26.2 Å². The second-order valence-corrected chi connectivity index (χ2v) is 3.95. The number of rotatable bonds is 5. The summed E-state index contributed by atoms with van der Waals surface area (Å²) in [4.78, 5) is 12.8. The Morgan fingerprint density at radius 2 is 2.33 bits per heavy atom. The van der Waals surface area contributed by atoms with E-state index in [1.54, 1.807) is 11.0 Å². The largest absolute Gasteiger partial charge is 0.488 e. The van der Waals surface area contributed by atoms with Crippen LogP contribution in [-0.2, 0) is 6.61 Å². The molecule has 0 aromatic heterocycles. The predicted molar refractivity (Wildman–Crippen MR) is 62.8 cm³/mol. The summed E-state index contributed by atoms with van der Waals surface area (Å²) in [5.74, 6) is -0.452. The number of nitrogens with one attached hydrogen (secondary N) is 1. The lowest BCUT2D eigenvalue weighted by Crippen LogP contribution is -2.32. The summed E-state index contributed by atoms with van der Waals surface area (Å²) in [5, 5.41) is 11.7. The van der Waals surface area contributed by atoms with E-state index in [0.29, 0.717) is 25.2 Å². The number of urea groups is 1. The number of benzene rings is 1. The molecule has 0 saturated carbocycles. The Labute approximate surface area is 104 Å². The highest BCUT2D eigenvalue weighted by molar-refractivity contribution is 5.76. The van der Waals surface area contributed by atoms with E-state index in [1.165, 1.54) is 12.1 Å². The number of para-hydroxylation sites is 1. The number of carbonyl (C=O) groups is 1. The maximum atomic E-state index is 13.5. The number of hydrogen-bond acceptors (Lipinski definition) is 3. The Morgan fingerprint density at radius 3 is 3.00 bits per heavy atom. The zero-order valence-corrected chi connectivity index (χ0v) is 9.86. The van der Waals surface area contributed by atoms with Crippen LogP contribution >= 0.6 is 0 Å². The fourth-order valence-corrected chi connectivity index (χ4v) is 1.82. The summed E-state index contributed by atoms with van der Waals surface area (Å²) >= 11 is 0. The van der Waals surface area contributed by atoms with Crippen LogP contribution in [0.4, 0.5) is 9.18 Å². The van der Waals surface area contributed by atoms with Crippen molar-refractivity contribution in [2.24, 2.45) is 0 Å². The smallest absolute Gasteiger partial charge is 0.317 e. The molecule has 1 saturated heterocycles. The van der Waals surface area contributed by atoms with E-state index in [0.717, 1.165) is 0 Å². The average Bonchev–Trinajstić information content (AvgIpc) is 2.77. The van der Waals surface area contributed by atoms with Crippen LogP contribution in [0.3, 0.4) is 0 Å². The van der Waals surface area contributed by atoms with Crippen LogP contribution in [0.25, 0.3) is 0 Å². The number of nitrogens with zero attached hydrogens (tertiary/aromatic N) is 1. The van der Waals surface area contributed by atoms with Crippen LogP contribution in [-0.4, -0.2) is 42.3 Å². The van der Waals surface area contributed by atoms with E-state index in [-0.39, 0.29) is 25.0 Å². The molecule has 1 aromatic rings.